The minimum atomic E-state index is -0.263. The van der Waals surface area contributed by atoms with Crippen LogP contribution in [0, 0.1) is 11.7 Å². The highest BCUT2D eigenvalue weighted by Gasteiger charge is 2.36. The maximum absolute atomic E-state index is 13.1. The molecule has 4 nitrogen and oxygen atoms in total. The second kappa shape index (κ2) is 6.07. The van der Waals surface area contributed by atoms with E-state index in [2.05, 4.69) is 0 Å². The summed E-state index contributed by atoms with van der Waals surface area (Å²) in [7, 11) is 1.78. The summed E-state index contributed by atoms with van der Waals surface area (Å²) in [6, 6.07) is 6.41. The van der Waals surface area contributed by atoms with Crippen molar-refractivity contribution < 1.29 is 14.0 Å². The Morgan fingerprint density at radius 2 is 1.91 bits per heavy atom. The van der Waals surface area contributed by atoms with Crippen LogP contribution in [0.3, 0.4) is 0 Å². The van der Waals surface area contributed by atoms with Crippen LogP contribution in [0.4, 0.5) is 4.39 Å². The Morgan fingerprint density at radius 3 is 2.59 bits per heavy atom. The van der Waals surface area contributed by atoms with Gasteiger partial charge in [-0.2, -0.15) is 0 Å². The highest BCUT2D eigenvalue weighted by Crippen LogP contribution is 2.34. The summed E-state index contributed by atoms with van der Waals surface area (Å²) in [6.07, 6.45) is 2.89. The molecule has 2 aliphatic rings. The fourth-order valence-corrected chi connectivity index (χ4v) is 3.45. The van der Waals surface area contributed by atoms with Crippen molar-refractivity contribution >= 4 is 11.8 Å². The largest absolute Gasteiger partial charge is 0.346 e. The molecule has 0 aromatic heterocycles. The van der Waals surface area contributed by atoms with Crippen LogP contribution in [-0.4, -0.2) is 41.8 Å². The van der Waals surface area contributed by atoms with E-state index in [0.717, 1.165) is 31.4 Å². The van der Waals surface area contributed by atoms with Crippen molar-refractivity contribution in [1.82, 2.24) is 9.80 Å². The van der Waals surface area contributed by atoms with Gasteiger partial charge in [0, 0.05) is 32.5 Å². The monoisotopic (exact) mass is 304 g/mol. The van der Waals surface area contributed by atoms with Crippen molar-refractivity contribution in [3.63, 3.8) is 0 Å². The number of rotatable bonds is 2. The normalized spacial score (nSPS) is 25.6. The van der Waals surface area contributed by atoms with E-state index in [9.17, 15) is 14.0 Å². The molecule has 2 amide bonds. The topological polar surface area (TPSA) is 40.6 Å². The molecule has 5 heteroatoms. The zero-order valence-electron chi connectivity index (χ0n) is 12.8. The molecule has 0 N–H and O–H groups in total. The highest BCUT2D eigenvalue weighted by atomic mass is 19.1. The van der Waals surface area contributed by atoms with Gasteiger partial charge in [-0.25, -0.2) is 4.39 Å². The number of benzene rings is 1. The zero-order chi connectivity index (χ0) is 15.7. The highest BCUT2D eigenvalue weighted by molar-refractivity contribution is 5.87. The number of hydrogen-bond donors (Lipinski definition) is 0. The molecule has 2 aliphatic heterocycles. The van der Waals surface area contributed by atoms with Gasteiger partial charge in [0.2, 0.25) is 11.8 Å². The number of carbonyl (C=O) groups is 2. The van der Waals surface area contributed by atoms with Gasteiger partial charge in [0.25, 0.3) is 0 Å². The van der Waals surface area contributed by atoms with Crippen LogP contribution in [0.5, 0.6) is 0 Å². The Balaban J connectivity index is 1.74. The van der Waals surface area contributed by atoms with Crippen molar-refractivity contribution in [2.45, 2.75) is 31.7 Å². The van der Waals surface area contributed by atoms with E-state index >= 15 is 0 Å². The van der Waals surface area contributed by atoms with Gasteiger partial charge < -0.3 is 9.80 Å². The van der Waals surface area contributed by atoms with Gasteiger partial charge in [0.05, 0.1) is 6.04 Å². The van der Waals surface area contributed by atoms with Gasteiger partial charge >= 0.3 is 0 Å². The Kier molecular flexibility index (Phi) is 4.14. The second-order valence-electron chi connectivity index (χ2n) is 6.25. The minimum Gasteiger partial charge on any atom is -0.346 e. The van der Waals surface area contributed by atoms with E-state index in [1.807, 2.05) is 4.90 Å². The summed E-state index contributed by atoms with van der Waals surface area (Å²) >= 11 is 0. The van der Waals surface area contributed by atoms with Crippen LogP contribution in [-0.2, 0) is 9.59 Å². The molecule has 2 fully saturated rings. The summed E-state index contributed by atoms with van der Waals surface area (Å²) in [5.41, 5.74) is 0.978. The lowest BCUT2D eigenvalue weighted by atomic mass is 9.94. The van der Waals surface area contributed by atoms with Crippen LogP contribution in [0.15, 0.2) is 24.3 Å². The number of piperidine rings is 1. The third kappa shape index (κ3) is 2.85. The van der Waals surface area contributed by atoms with E-state index < -0.39 is 0 Å². The summed E-state index contributed by atoms with van der Waals surface area (Å²) in [5.74, 6) is -0.347. The first kappa shape index (κ1) is 15.0. The molecule has 0 aliphatic carbocycles. The van der Waals surface area contributed by atoms with Gasteiger partial charge in [0.1, 0.15) is 5.82 Å². The molecule has 0 saturated carbocycles. The molecule has 0 spiro atoms. The Labute approximate surface area is 129 Å². The Hall–Kier alpha value is -1.91. The quantitative estimate of drug-likeness (QED) is 0.841. The Bertz CT molecular complexity index is 573. The smallest absolute Gasteiger partial charge is 0.226 e. The number of amides is 2. The first-order valence-electron chi connectivity index (χ1n) is 7.86. The van der Waals surface area contributed by atoms with Crippen LogP contribution in [0.2, 0.25) is 0 Å². The molecule has 118 valence electrons. The molecule has 2 unspecified atom stereocenters. The standard InChI is InChI=1S/C17H21FN2O2/c1-19-10-8-13(11-16(19)21)17(22)20-9-2-3-15(20)12-4-6-14(18)7-5-12/h4-7,13,15H,2-3,8-11H2,1H3. The average Bonchev–Trinajstić information content (AvgIpc) is 2.99. The van der Waals surface area contributed by atoms with Crippen molar-refractivity contribution in [1.29, 1.82) is 0 Å². The summed E-state index contributed by atoms with van der Waals surface area (Å²) < 4.78 is 13.1. The van der Waals surface area contributed by atoms with Crippen molar-refractivity contribution in [2.24, 2.45) is 5.92 Å². The predicted molar refractivity (Wildman–Crippen MR) is 80.4 cm³/mol. The van der Waals surface area contributed by atoms with Crippen LogP contribution in [0.1, 0.15) is 37.3 Å². The average molecular weight is 304 g/mol. The molecule has 1 aromatic rings. The van der Waals surface area contributed by atoms with Crippen molar-refractivity contribution in [3.05, 3.63) is 35.6 Å². The van der Waals surface area contributed by atoms with Crippen LogP contribution in [0.25, 0.3) is 0 Å². The first-order chi connectivity index (χ1) is 10.6. The first-order valence-corrected chi connectivity index (χ1v) is 7.86. The molecule has 2 atom stereocenters. The Morgan fingerprint density at radius 1 is 1.18 bits per heavy atom. The minimum absolute atomic E-state index is 0.0165. The molecule has 2 saturated heterocycles. The maximum atomic E-state index is 13.1. The van der Waals surface area contributed by atoms with Crippen molar-refractivity contribution in [3.8, 4) is 0 Å². The molecular weight excluding hydrogens is 283 g/mol. The fourth-order valence-electron chi connectivity index (χ4n) is 3.45. The van der Waals surface area contributed by atoms with Crippen LogP contribution >= 0.6 is 0 Å². The SMILES string of the molecule is CN1CCC(C(=O)N2CCCC2c2ccc(F)cc2)CC1=O. The van der Waals surface area contributed by atoms with E-state index in [1.165, 1.54) is 12.1 Å². The van der Waals surface area contributed by atoms with Gasteiger partial charge in [-0.1, -0.05) is 12.1 Å². The molecule has 22 heavy (non-hydrogen) atoms. The number of halogens is 1. The molecule has 1 aromatic carbocycles. The number of hydrogen-bond acceptors (Lipinski definition) is 2. The number of nitrogens with zero attached hydrogens (tertiary/aromatic N) is 2. The van der Waals surface area contributed by atoms with E-state index in [-0.39, 0.29) is 29.6 Å². The van der Waals surface area contributed by atoms with Crippen molar-refractivity contribution in [2.75, 3.05) is 20.1 Å². The molecule has 0 radical (unpaired) electrons. The van der Waals surface area contributed by atoms with E-state index in [0.29, 0.717) is 13.0 Å². The van der Waals surface area contributed by atoms with Crippen LogP contribution < -0.4 is 0 Å². The lowest BCUT2D eigenvalue weighted by Crippen LogP contribution is -2.43. The lowest BCUT2D eigenvalue weighted by molar-refractivity contribution is -0.145. The zero-order valence-corrected chi connectivity index (χ0v) is 12.8. The number of likely N-dealkylation sites (tertiary alicyclic amines) is 2. The summed E-state index contributed by atoms with van der Waals surface area (Å²) in [4.78, 5) is 28.2. The summed E-state index contributed by atoms with van der Waals surface area (Å²) in [6.45, 7) is 1.37. The third-order valence-corrected chi connectivity index (χ3v) is 4.80. The fraction of sp³-hybridized carbons (Fsp3) is 0.529. The van der Waals surface area contributed by atoms with E-state index in [1.54, 1.807) is 24.1 Å². The molecular formula is C17H21FN2O2. The van der Waals surface area contributed by atoms with Gasteiger partial charge in [-0.05, 0) is 37.0 Å². The van der Waals surface area contributed by atoms with E-state index in [4.69, 9.17) is 0 Å². The second-order valence-corrected chi connectivity index (χ2v) is 6.25. The predicted octanol–water partition coefficient (Wildman–Crippen LogP) is 2.36. The lowest BCUT2D eigenvalue weighted by Gasteiger charge is -2.33. The van der Waals surface area contributed by atoms with Gasteiger partial charge in [-0.3, -0.25) is 9.59 Å². The number of carbonyl (C=O) groups excluding carboxylic acids is 2. The molecule has 2 heterocycles. The maximum Gasteiger partial charge on any atom is 0.226 e. The van der Waals surface area contributed by atoms with Gasteiger partial charge in [0.15, 0.2) is 0 Å². The summed E-state index contributed by atoms with van der Waals surface area (Å²) in [5, 5.41) is 0. The third-order valence-electron chi connectivity index (χ3n) is 4.80. The molecule has 3 rings (SSSR count). The molecule has 0 bridgehead atoms. The van der Waals surface area contributed by atoms with Gasteiger partial charge in [-0.15, -0.1) is 0 Å².